The van der Waals surface area contributed by atoms with Crippen LogP contribution in [0.15, 0.2) is 6.20 Å². The summed E-state index contributed by atoms with van der Waals surface area (Å²) in [5.74, 6) is 6.24. The summed E-state index contributed by atoms with van der Waals surface area (Å²) in [5.41, 5.74) is 2.61. The molecule has 96 valence electrons. The molecule has 1 heterocycles. The van der Waals surface area contributed by atoms with Crippen LogP contribution < -0.4 is 11.3 Å². The van der Waals surface area contributed by atoms with Crippen LogP contribution in [0.1, 0.15) is 35.7 Å². The van der Waals surface area contributed by atoms with E-state index in [-0.39, 0.29) is 12.0 Å². The number of hydrogen-bond acceptors (Lipinski definition) is 4. The molecule has 2 unspecified atom stereocenters. The molecule has 1 aliphatic rings. The van der Waals surface area contributed by atoms with E-state index < -0.39 is 11.2 Å². The predicted molar refractivity (Wildman–Crippen MR) is 59.1 cm³/mol. The van der Waals surface area contributed by atoms with Gasteiger partial charge in [0.25, 0.3) is 0 Å². The van der Waals surface area contributed by atoms with Crippen molar-refractivity contribution < 1.29 is 13.2 Å². The lowest BCUT2D eigenvalue weighted by Crippen LogP contribution is -2.32. The number of halogens is 3. The molecule has 1 aromatic heterocycles. The quantitative estimate of drug-likeness (QED) is 0.650. The van der Waals surface area contributed by atoms with Crippen molar-refractivity contribution in [3.63, 3.8) is 0 Å². The first-order valence-corrected chi connectivity index (χ1v) is 6.24. The number of nitrogens with two attached hydrogens (primary N) is 1. The van der Waals surface area contributed by atoms with Gasteiger partial charge in [-0.3, -0.25) is 11.3 Å². The van der Waals surface area contributed by atoms with Crippen LogP contribution in [-0.4, -0.2) is 4.98 Å². The van der Waals surface area contributed by atoms with Gasteiger partial charge in [0.1, 0.15) is 0 Å². The molecule has 1 aliphatic carbocycles. The van der Waals surface area contributed by atoms with E-state index in [2.05, 4.69) is 10.4 Å². The number of alkyl halides is 3. The number of thiazole rings is 1. The number of rotatable bonds is 4. The fourth-order valence-corrected chi connectivity index (χ4v) is 2.91. The molecular formula is C10H14F3N3S. The van der Waals surface area contributed by atoms with Gasteiger partial charge in [0.05, 0.1) is 6.04 Å². The van der Waals surface area contributed by atoms with Crippen molar-refractivity contribution in [3.05, 3.63) is 16.1 Å². The third-order valence-electron chi connectivity index (χ3n) is 3.14. The van der Waals surface area contributed by atoms with Crippen LogP contribution in [0.2, 0.25) is 0 Å². The van der Waals surface area contributed by atoms with Crippen LogP contribution in [0.4, 0.5) is 13.2 Å². The molecule has 0 amide bonds. The molecule has 17 heavy (non-hydrogen) atoms. The Morgan fingerprint density at radius 2 is 2.18 bits per heavy atom. The second kappa shape index (κ2) is 4.55. The number of nitrogens with one attached hydrogen (secondary N) is 1. The first-order valence-electron chi connectivity index (χ1n) is 5.42. The van der Waals surface area contributed by atoms with Gasteiger partial charge in [-0.15, -0.1) is 11.3 Å². The maximum Gasteiger partial charge on any atom is 0.443 e. The Balaban J connectivity index is 2.16. The van der Waals surface area contributed by atoms with Crippen molar-refractivity contribution in [2.45, 2.75) is 32.0 Å². The van der Waals surface area contributed by atoms with Gasteiger partial charge in [0, 0.05) is 11.1 Å². The van der Waals surface area contributed by atoms with Crippen molar-refractivity contribution in [1.29, 1.82) is 0 Å². The van der Waals surface area contributed by atoms with Crippen LogP contribution in [0.25, 0.3) is 0 Å². The summed E-state index contributed by atoms with van der Waals surface area (Å²) in [7, 11) is 0. The lowest BCUT2D eigenvalue weighted by Gasteiger charge is -2.21. The summed E-state index contributed by atoms with van der Waals surface area (Å²) in [6.07, 6.45) is -0.837. The largest absolute Gasteiger partial charge is 0.443 e. The Morgan fingerprint density at radius 3 is 2.59 bits per heavy atom. The van der Waals surface area contributed by atoms with E-state index in [1.54, 1.807) is 0 Å². The molecule has 1 saturated carbocycles. The van der Waals surface area contributed by atoms with Gasteiger partial charge in [-0.05, 0) is 24.7 Å². The lowest BCUT2D eigenvalue weighted by molar-refractivity contribution is -0.137. The zero-order valence-corrected chi connectivity index (χ0v) is 10.1. The van der Waals surface area contributed by atoms with Crippen molar-refractivity contribution in [2.24, 2.45) is 17.7 Å². The van der Waals surface area contributed by atoms with E-state index in [0.717, 1.165) is 12.8 Å². The maximum absolute atomic E-state index is 12.4. The van der Waals surface area contributed by atoms with Crippen LogP contribution >= 0.6 is 11.3 Å². The molecule has 1 aromatic rings. The van der Waals surface area contributed by atoms with E-state index >= 15 is 0 Å². The Hall–Kier alpha value is -0.660. The van der Waals surface area contributed by atoms with Gasteiger partial charge in [0.2, 0.25) is 0 Å². The number of nitrogens with zero attached hydrogens (tertiary/aromatic N) is 1. The van der Waals surface area contributed by atoms with Gasteiger partial charge < -0.3 is 0 Å². The molecule has 0 bridgehead atoms. The van der Waals surface area contributed by atoms with Crippen molar-refractivity contribution >= 4 is 11.3 Å². The first-order chi connectivity index (χ1) is 7.93. The van der Waals surface area contributed by atoms with E-state index in [0.29, 0.717) is 22.1 Å². The second-order valence-electron chi connectivity index (χ2n) is 4.41. The van der Waals surface area contributed by atoms with Gasteiger partial charge in [-0.2, -0.15) is 13.2 Å². The SMILES string of the molecule is CC(C1CC1)C(NN)c1cnc(C(F)(F)F)s1. The Bertz CT molecular complexity index is 386. The highest BCUT2D eigenvalue weighted by Gasteiger charge is 2.38. The van der Waals surface area contributed by atoms with Gasteiger partial charge in [0.15, 0.2) is 5.01 Å². The maximum atomic E-state index is 12.4. The summed E-state index contributed by atoms with van der Waals surface area (Å²) < 4.78 is 37.3. The van der Waals surface area contributed by atoms with Crippen LogP contribution in [0.3, 0.4) is 0 Å². The molecule has 0 spiro atoms. The Morgan fingerprint density at radius 1 is 1.53 bits per heavy atom. The third-order valence-corrected chi connectivity index (χ3v) is 4.27. The minimum atomic E-state index is -4.37. The molecule has 1 fully saturated rings. The molecule has 3 nitrogen and oxygen atoms in total. The van der Waals surface area contributed by atoms with Crippen molar-refractivity contribution in [2.75, 3.05) is 0 Å². The molecule has 0 saturated heterocycles. The highest BCUT2D eigenvalue weighted by molar-refractivity contribution is 7.11. The van der Waals surface area contributed by atoms with Gasteiger partial charge in [-0.1, -0.05) is 6.92 Å². The number of aromatic nitrogens is 1. The fourth-order valence-electron chi connectivity index (χ4n) is 1.95. The first kappa shape index (κ1) is 12.8. The summed E-state index contributed by atoms with van der Waals surface area (Å²) in [6.45, 7) is 2.01. The van der Waals surface area contributed by atoms with E-state index in [9.17, 15) is 13.2 Å². The van der Waals surface area contributed by atoms with Crippen LogP contribution in [0, 0.1) is 11.8 Å². The van der Waals surface area contributed by atoms with E-state index in [1.807, 2.05) is 6.92 Å². The summed E-state index contributed by atoms with van der Waals surface area (Å²) >= 11 is 0.667. The van der Waals surface area contributed by atoms with Crippen molar-refractivity contribution in [3.8, 4) is 0 Å². The Labute approximate surface area is 101 Å². The standard InChI is InChI=1S/C10H14F3N3S/c1-5(6-2-3-6)8(16-14)7-4-15-9(17-7)10(11,12)13/h4-6,8,16H,2-3,14H2,1H3. The smallest absolute Gasteiger partial charge is 0.271 e. The molecule has 7 heteroatoms. The average Bonchev–Trinajstić information content (AvgIpc) is 2.97. The minimum absolute atomic E-state index is 0.238. The zero-order chi connectivity index (χ0) is 12.6. The molecule has 0 aromatic carbocycles. The molecule has 3 N–H and O–H groups in total. The lowest BCUT2D eigenvalue weighted by atomic mass is 9.96. The summed E-state index contributed by atoms with van der Waals surface area (Å²) in [6, 6.07) is -0.240. The fraction of sp³-hybridized carbons (Fsp3) is 0.700. The van der Waals surface area contributed by atoms with E-state index in [4.69, 9.17) is 5.84 Å². The number of hydrazine groups is 1. The third kappa shape index (κ3) is 2.78. The molecular weight excluding hydrogens is 251 g/mol. The van der Waals surface area contributed by atoms with Gasteiger partial charge >= 0.3 is 6.18 Å². The zero-order valence-electron chi connectivity index (χ0n) is 9.29. The van der Waals surface area contributed by atoms with Gasteiger partial charge in [-0.25, -0.2) is 4.98 Å². The minimum Gasteiger partial charge on any atom is -0.271 e. The second-order valence-corrected chi connectivity index (χ2v) is 5.47. The average molecular weight is 265 g/mol. The summed E-state index contributed by atoms with van der Waals surface area (Å²) in [4.78, 5) is 3.97. The molecule has 0 aliphatic heterocycles. The molecule has 2 rings (SSSR count). The van der Waals surface area contributed by atoms with Crippen LogP contribution in [-0.2, 0) is 6.18 Å². The van der Waals surface area contributed by atoms with Crippen LogP contribution in [0.5, 0.6) is 0 Å². The monoisotopic (exact) mass is 265 g/mol. The van der Waals surface area contributed by atoms with Crippen molar-refractivity contribution in [1.82, 2.24) is 10.4 Å². The normalized spacial score (nSPS) is 20.3. The topological polar surface area (TPSA) is 50.9 Å². The highest BCUT2D eigenvalue weighted by Crippen LogP contribution is 2.44. The Kier molecular flexibility index (Phi) is 3.42. The molecule has 0 radical (unpaired) electrons. The van der Waals surface area contributed by atoms with E-state index in [1.165, 1.54) is 6.20 Å². The highest BCUT2D eigenvalue weighted by atomic mass is 32.1. The summed E-state index contributed by atoms with van der Waals surface area (Å²) in [5, 5.41) is -0.809. The molecule has 2 atom stereocenters. The predicted octanol–water partition coefficient (Wildman–Crippen LogP) is 2.71. The number of hydrogen-bond donors (Lipinski definition) is 2.